The molecule has 0 aromatic carbocycles. The van der Waals surface area contributed by atoms with E-state index in [0.717, 1.165) is 19.4 Å². The molecule has 110 valence electrons. The predicted octanol–water partition coefficient (Wildman–Crippen LogP) is 2.29. The Labute approximate surface area is 120 Å². The second kappa shape index (κ2) is 7.85. The van der Waals surface area contributed by atoms with Crippen LogP contribution in [0.25, 0.3) is 0 Å². The summed E-state index contributed by atoms with van der Waals surface area (Å²) in [6, 6.07) is 3.57. The molecular weight excluding hydrogens is 254 g/mol. The van der Waals surface area contributed by atoms with E-state index in [9.17, 15) is 0 Å². The van der Waals surface area contributed by atoms with Crippen molar-refractivity contribution in [1.82, 2.24) is 15.1 Å². The van der Waals surface area contributed by atoms with Gasteiger partial charge in [-0.3, -0.25) is 4.90 Å². The molecule has 1 atom stereocenters. The van der Waals surface area contributed by atoms with Crippen molar-refractivity contribution in [2.24, 2.45) is 0 Å². The fraction of sp³-hybridized carbons (Fsp3) is 0.600. The van der Waals surface area contributed by atoms with E-state index >= 15 is 0 Å². The normalized spacial score (nSPS) is 16.9. The van der Waals surface area contributed by atoms with Crippen LogP contribution >= 0.6 is 0 Å². The molecule has 1 aliphatic rings. The molecule has 0 bridgehead atoms. The van der Waals surface area contributed by atoms with Gasteiger partial charge in [-0.1, -0.05) is 6.08 Å². The van der Waals surface area contributed by atoms with Gasteiger partial charge in [0, 0.05) is 18.7 Å². The van der Waals surface area contributed by atoms with Crippen LogP contribution in [0, 0.1) is 0 Å². The van der Waals surface area contributed by atoms with E-state index in [2.05, 4.69) is 21.7 Å². The number of methoxy groups -OCH3 is 1. The SMILES string of the molecule is C=CCCC(CN1CCCC1)Oc1ccc(OC)nn1. The van der Waals surface area contributed by atoms with Gasteiger partial charge >= 0.3 is 0 Å². The number of hydrogen-bond donors (Lipinski definition) is 0. The van der Waals surface area contributed by atoms with E-state index in [1.165, 1.54) is 25.9 Å². The van der Waals surface area contributed by atoms with Crippen LogP contribution in [0.1, 0.15) is 25.7 Å². The first-order valence-electron chi connectivity index (χ1n) is 7.19. The van der Waals surface area contributed by atoms with Crippen LogP contribution in [0.4, 0.5) is 0 Å². The Morgan fingerprint density at radius 3 is 2.60 bits per heavy atom. The van der Waals surface area contributed by atoms with Crippen LogP contribution in [0.3, 0.4) is 0 Å². The zero-order valence-electron chi connectivity index (χ0n) is 12.1. The zero-order chi connectivity index (χ0) is 14.2. The summed E-state index contributed by atoms with van der Waals surface area (Å²) in [7, 11) is 1.57. The van der Waals surface area contributed by atoms with Crippen molar-refractivity contribution >= 4 is 0 Å². The summed E-state index contributed by atoms with van der Waals surface area (Å²) in [5, 5.41) is 7.96. The molecule has 20 heavy (non-hydrogen) atoms. The molecule has 2 heterocycles. The number of likely N-dealkylation sites (tertiary alicyclic amines) is 1. The van der Waals surface area contributed by atoms with Crippen molar-refractivity contribution in [3.63, 3.8) is 0 Å². The van der Waals surface area contributed by atoms with Crippen LogP contribution in [0.5, 0.6) is 11.8 Å². The highest BCUT2D eigenvalue weighted by Gasteiger charge is 2.19. The predicted molar refractivity (Wildman–Crippen MR) is 78.1 cm³/mol. The van der Waals surface area contributed by atoms with Crippen molar-refractivity contribution < 1.29 is 9.47 Å². The summed E-state index contributed by atoms with van der Waals surface area (Å²) >= 11 is 0. The quantitative estimate of drug-likeness (QED) is 0.682. The van der Waals surface area contributed by atoms with Gasteiger partial charge in [-0.05, 0) is 38.8 Å². The summed E-state index contributed by atoms with van der Waals surface area (Å²) in [6.07, 6.45) is 6.54. The molecule has 2 rings (SSSR count). The molecule has 1 fully saturated rings. The van der Waals surface area contributed by atoms with Crippen molar-refractivity contribution in [3.05, 3.63) is 24.8 Å². The zero-order valence-corrected chi connectivity index (χ0v) is 12.1. The van der Waals surface area contributed by atoms with E-state index in [1.54, 1.807) is 19.2 Å². The molecule has 1 saturated heterocycles. The second-order valence-corrected chi connectivity index (χ2v) is 5.03. The highest BCUT2D eigenvalue weighted by Crippen LogP contribution is 2.16. The molecule has 0 saturated carbocycles. The molecule has 5 nitrogen and oxygen atoms in total. The smallest absolute Gasteiger partial charge is 0.233 e. The fourth-order valence-electron chi connectivity index (χ4n) is 2.39. The molecule has 5 heteroatoms. The summed E-state index contributed by atoms with van der Waals surface area (Å²) in [4.78, 5) is 2.45. The Kier molecular flexibility index (Phi) is 5.80. The average molecular weight is 277 g/mol. The van der Waals surface area contributed by atoms with Crippen LogP contribution in [-0.4, -0.2) is 47.9 Å². The van der Waals surface area contributed by atoms with Gasteiger partial charge in [-0.25, -0.2) is 0 Å². The summed E-state index contributed by atoms with van der Waals surface area (Å²) in [5.41, 5.74) is 0. The summed E-state index contributed by atoms with van der Waals surface area (Å²) < 4.78 is 11.0. The number of hydrogen-bond acceptors (Lipinski definition) is 5. The van der Waals surface area contributed by atoms with Gasteiger partial charge in [0.05, 0.1) is 7.11 Å². The van der Waals surface area contributed by atoms with E-state index in [1.807, 2.05) is 6.08 Å². The maximum absolute atomic E-state index is 5.96. The topological polar surface area (TPSA) is 47.5 Å². The summed E-state index contributed by atoms with van der Waals surface area (Å²) in [5.74, 6) is 1.05. The largest absolute Gasteiger partial charge is 0.480 e. The molecule has 0 amide bonds. The third-order valence-electron chi connectivity index (χ3n) is 3.47. The number of nitrogens with zero attached hydrogens (tertiary/aromatic N) is 3. The standard InChI is InChI=1S/C15H23N3O2/c1-3-4-7-13(12-18-10-5-6-11-18)20-15-9-8-14(19-2)16-17-15/h3,8-9,13H,1,4-7,10-12H2,2H3. The van der Waals surface area contributed by atoms with E-state index in [4.69, 9.17) is 9.47 Å². The first-order valence-corrected chi connectivity index (χ1v) is 7.19. The molecule has 1 aromatic heterocycles. The van der Waals surface area contributed by atoms with Gasteiger partial charge in [0.1, 0.15) is 6.10 Å². The van der Waals surface area contributed by atoms with E-state index in [0.29, 0.717) is 11.8 Å². The number of rotatable bonds is 8. The lowest BCUT2D eigenvalue weighted by atomic mass is 10.2. The molecule has 1 aromatic rings. The van der Waals surface area contributed by atoms with Gasteiger partial charge in [0.25, 0.3) is 0 Å². The van der Waals surface area contributed by atoms with E-state index in [-0.39, 0.29) is 6.10 Å². The third kappa shape index (κ3) is 4.49. The maximum atomic E-state index is 5.96. The first kappa shape index (κ1) is 14.8. The molecule has 1 aliphatic heterocycles. The minimum absolute atomic E-state index is 0.133. The Balaban J connectivity index is 1.92. The first-order chi connectivity index (χ1) is 9.81. The van der Waals surface area contributed by atoms with Crippen molar-refractivity contribution in [3.8, 4) is 11.8 Å². The summed E-state index contributed by atoms with van der Waals surface area (Å²) in [6.45, 7) is 7.06. The van der Waals surface area contributed by atoms with Gasteiger partial charge in [-0.15, -0.1) is 16.8 Å². The molecule has 0 spiro atoms. The van der Waals surface area contributed by atoms with Crippen LogP contribution in [0.2, 0.25) is 0 Å². The van der Waals surface area contributed by atoms with Crippen LogP contribution < -0.4 is 9.47 Å². The fourth-order valence-corrected chi connectivity index (χ4v) is 2.39. The van der Waals surface area contributed by atoms with Gasteiger partial charge < -0.3 is 9.47 Å². The molecule has 0 N–H and O–H groups in total. The Morgan fingerprint density at radius 1 is 1.30 bits per heavy atom. The molecule has 0 radical (unpaired) electrons. The van der Waals surface area contributed by atoms with E-state index < -0.39 is 0 Å². The minimum Gasteiger partial charge on any atom is -0.480 e. The highest BCUT2D eigenvalue weighted by atomic mass is 16.5. The van der Waals surface area contributed by atoms with Crippen molar-refractivity contribution in [2.45, 2.75) is 31.8 Å². The number of allylic oxidation sites excluding steroid dienone is 1. The molecule has 0 aliphatic carbocycles. The van der Waals surface area contributed by atoms with Crippen molar-refractivity contribution in [1.29, 1.82) is 0 Å². The molecular formula is C15H23N3O2. The second-order valence-electron chi connectivity index (χ2n) is 5.03. The van der Waals surface area contributed by atoms with Crippen LogP contribution in [-0.2, 0) is 0 Å². The minimum atomic E-state index is 0.133. The maximum Gasteiger partial charge on any atom is 0.233 e. The average Bonchev–Trinajstić information content (AvgIpc) is 2.98. The van der Waals surface area contributed by atoms with Crippen molar-refractivity contribution in [2.75, 3.05) is 26.7 Å². The monoisotopic (exact) mass is 277 g/mol. The van der Waals surface area contributed by atoms with Gasteiger partial charge in [0.15, 0.2) is 0 Å². The number of ether oxygens (including phenoxy) is 2. The lowest BCUT2D eigenvalue weighted by Crippen LogP contribution is -2.34. The lowest BCUT2D eigenvalue weighted by Gasteiger charge is -2.23. The van der Waals surface area contributed by atoms with Crippen LogP contribution in [0.15, 0.2) is 24.8 Å². The third-order valence-corrected chi connectivity index (χ3v) is 3.47. The Hall–Kier alpha value is -1.62. The highest BCUT2D eigenvalue weighted by molar-refractivity contribution is 5.15. The number of aromatic nitrogens is 2. The Morgan fingerprint density at radius 2 is 2.00 bits per heavy atom. The van der Waals surface area contributed by atoms with Gasteiger partial charge in [0.2, 0.25) is 11.8 Å². The molecule has 1 unspecified atom stereocenters. The van der Waals surface area contributed by atoms with Gasteiger partial charge in [-0.2, -0.15) is 0 Å². The Bertz CT molecular complexity index is 402. The lowest BCUT2D eigenvalue weighted by molar-refractivity contribution is 0.133.